The van der Waals surface area contributed by atoms with E-state index < -0.39 is 29.7 Å². The Hall–Kier alpha value is -3.78. The van der Waals surface area contributed by atoms with Gasteiger partial charge in [-0.3, -0.25) is 4.79 Å². The van der Waals surface area contributed by atoms with Crippen LogP contribution in [0.4, 0.5) is 29.3 Å². The van der Waals surface area contributed by atoms with E-state index >= 15 is 0 Å². The fourth-order valence-corrected chi connectivity index (χ4v) is 7.06. The lowest BCUT2D eigenvalue weighted by molar-refractivity contribution is -0.137. The van der Waals surface area contributed by atoms with Gasteiger partial charge in [-0.05, 0) is 82.1 Å². The largest absolute Gasteiger partial charge is 0.444 e. The lowest BCUT2D eigenvalue weighted by Gasteiger charge is -2.37. The van der Waals surface area contributed by atoms with Crippen LogP contribution in [0.25, 0.3) is 11.4 Å². The minimum Gasteiger partial charge on any atom is -0.444 e. The Labute approximate surface area is 275 Å². The molecular weight excluding hydrogens is 639 g/mol. The van der Waals surface area contributed by atoms with E-state index in [9.17, 15) is 27.9 Å². The van der Waals surface area contributed by atoms with Crippen LogP contribution in [0.2, 0.25) is 5.02 Å². The smallest absolute Gasteiger partial charge is 0.416 e. The lowest BCUT2D eigenvalue weighted by Crippen LogP contribution is -2.51. The molecule has 2 aliphatic carbocycles. The topological polar surface area (TPSA) is 117 Å². The van der Waals surface area contributed by atoms with Gasteiger partial charge in [0, 0.05) is 31.9 Å². The molecule has 2 N–H and O–H groups in total. The Balaban J connectivity index is 1.35. The average Bonchev–Trinajstić information content (AvgIpc) is 3.75. The van der Waals surface area contributed by atoms with Crippen LogP contribution in [0.5, 0.6) is 0 Å². The van der Waals surface area contributed by atoms with Crippen molar-refractivity contribution in [1.82, 2.24) is 24.1 Å². The van der Waals surface area contributed by atoms with Gasteiger partial charge in [0.15, 0.2) is 5.82 Å². The summed E-state index contributed by atoms with van der Waals surface area (Å²) in [5.41, 5.74) is 0.248. The zero-order valence-corrected chi connectivity index (χ0v) is 27.5. The second-order valence-electron chi connectivity index (χ2n) is 13.4. The van der Waals surface area contributed by atoms with Crippen LogP contribution in [0.15, 0.2) is 29.1 Å². The number of ether oxygens (including phenoxy) is 1. The third-order valence-corrected chi connectivity index (χ3v) is 9.28. The number of aliphatic hydroxyl groups is 1. The molecule has 254 valence electrons. The fraction of sp³-hybridized carbons (Fsp3) is 0.562. The number of fused-ring (bicyclic) bond motifs is 3. The number of aromatic nitrogens is 4. The van der Waals surface area contributed by atoms with Crippen molar-refractivity contribution in [3.63, 3.8) is 0 Å². The molecule has 0 radical (unpaired) electrons. The molecule has 3 atom stereocenters. The van der Waals surface area contributed by atoms with E-state index in [1.165, 1.54) is 10.6 Å². The predicted octanol–water partition coefficient (Wildman–Crippen LogP) is 5.43. The number of allylic oxidation sites excluding steroid dienone is 2. The van der Waals surface area contributed by atoms with E-state index in [-0.39, 0.29) is 28.6 Å². The lowest BCUT2D eigenvalue weighted by atomic mass is 9.98. The number of benzene rings is 1. The van der Waals surface area contributed by atoms with E-state index in [1.807, 2.05) is 11.8 Å². The van der Waals surface area contributed by atoms with Crippen LogP contribution in [0.1, 0.15) is 64.0 Å². The number of hydrogen-bond donors (Lipinski definition) is 2. The van der Waals surface area contributed by atoms with Crippen molar-refractivity contribution in [2.45, 2.75) is 77.9 Å². The summed E-state index contributed by atoms with van der Waals surface area (Å²) in [5, 5.41) is 18.5. The van der Waals surface area contributed by atoms with Crippen molar-refractivity contribution in [3.8, 4) is 0 Å². The minimum atomic E-state index is -4.56. The summed E-state index contributed by atoms with van der Waals surface area (Å²) in [4.78, 5) is 35.2. The molecule has 3 unspecified atom stereocenters. The number of amides is 1. The standard InChI is InChI=1S/C32H39ClF3N7O4/c1-5-24-26(40-10-12-41(13-11-40)30(46)47-31(2,3)4)28(45)43-29(38-27(39-43)21-15-18-6-7-19(21)14-18)42(24)17-25(44)37-23-9-8-20(16-22(23)33)32(34,35)36/h8-9,15-16,18-19,25,37,44H,5-7,10-14,17H2,1-4H3. The van der Waals surface area contributed by atoms with Crippen LogP contribution in [0, 0.1) is 11.8 Å². The maximum atomic E-state index is 14.2. The number of anilines is 2. The normalized spacial score (nSPS) is 20.6. The maximum Gasteiger partial charge on any atom is 0.416 e. The summed E-state index contributed by atoms with van der Waals surface area (Å²) in [6.07, 6.45) is -0.504. The monoisotopic (exact) mass is 677 g/mol. The first kappa shape index (κ1) is 33.1. The molecule has 1 saturated heterocycles. The Morgan fingerprint density at radius 1 is 1.17 bits per heavy atom. The number of aliphatic hydroxyl groups excluding tert-OH is 1. The highest BCUT2D eigenvalue weighted by atomic mass is 35.5. The number of alkyl halides is 3. The van der Waals surface area contributed by atoms with Gasteiger partial charge in [0.05, 0.1) is 22.8 Å². The van der Waals surface area contributed by atoms with Crippen molar-refractivity contribution in [3.05, 3.63) is 56.7 Å². The van der Waals surface area contributed by atoms with Crippen molar-refractivity contribution >= 4 is 40.4 Å². The fourth-order valence-electron chi connectivity index (χ4n) is 6.82. The quantitative estimate of drug-likeness (QED) is 0.318. The molecule has 2 aromatic heterocycles. The molecule has 1 aliphatic heterocycles. The first-order valence-electron chi connectivity index (χ1n) is 15.9. The molecular formula is C32H39ClF3N7O4. The molecule has 11 nitrogen and oxygen atoms in total. The first-order chi connectivity index (χ1) is 22.1. The van der Waals surface area contributed by atoms with Gasteiger partial charge in [-0.25, -0.2) is 4.79 Å². The Morgan fingerprint density at radius 3 is 2.47 bits per heavy atom. The van der Waals surface area contributed by atoms with Crippen molar-refractivity contribution in [2.24, 2.45) is 11.8 Å². The van der Waals surface area contributed by atoms with E-state index in [0.29, 0.717) is 61.6 Å². The van der Waals surface area contributed by atoms with Crippen molar-refractivity contribution in [2.75, 3.05) is 36.4 Å². The van der Waals surface area contributed by atoms with Gasteiger partial charge in [-0.15, -0.1) is 5.10 Å². The summed E-state index contributed by atoms with van der Waals surface area (Å²) < 4.78 is 48.1. The van der Waals surface area contributed by atoms with Gasteiger partial charge in [-0.2, -0.15) is 22.7 Å². The minimum absolute atomic E-state index is 0.113. The van der Waals surface area contributed by atoms with Crippen LogP contribution >= 0.6 is 11.6 Å². The van der Waals surface area contributed by atoms with Crippen molar-refractivity contribution < 1.29 is 27.8 Å². The van der Waals surface area contributed by atoms with Gasteiger partial charge in [0.25, 0.3) is 5.56 Å². The Bertz CT molecular complexity index is 1770. The SMILES string of the molecule is CCc1c(N2CCN(C(=O)OC(C)(C)C)CC2)c(=O)n2nc(C3=CC4CCC3C4)nc2n1CC(O)Nc1ccc(C(F)(F)F)cc1Cl. The first-order valence-corrected chi connectivity index (χ1v) is 16.3. The van der Waals surface area contributed by atoms with E-state index in [4.69, 9.17) is 21.3 Å². The summed E-state index contributed by atoms with van der Waals surface area (Å²) in [5.74, 6) is 1.54. The summed E-state index contributed by atoms with van der Waals surface area (Å²) in [6.45, 7) is 8.61. The zero-order chi connectivity index (χ0) is 33.8. The van der Waals surface area contributed by atoms with Crippen LogP contribution in [-0.4, -0.2) is 73.3 Å². The van der Waals surface area contributed by atoms with E-state index in [2.05, 4.69) is 16.5 Å². The molecule has 1 amide bonds. The number of nitrogens with one attached hydrogen (secondary N) is 1. The molecule has 3 heterocycles. The third kappa shape index (κ3) is 6.67. The van der Waals surface area contributed by atoms with Crippen LogP contribution in [-0.2, 0) is 23.9 Å². The average molecular weight is 678 g/mol. The molecule has 2 bridgehead atoms. The molecule has 1 aromatic carbocycles. The predicted molar refractivity (Wildman–Crippen MR) is 172 cm³/mol. The molecule has 1 saturated carbocycles. The van der Waals surface area contributed by atoms with E-state index in [1.54, 1.807) is 30.2 Å². The molecule has 3 aliphatic rings. The molecule has 6 rings (SSSR count). The van der Waals surface area contributed by atoms with Gasteiger partial charge in [-0.1, -0.05) is 24.6 Å². The zero-order valence-electron chi connectivity index (χ0n) is 26.8. The van der Waals surface area contributed by atoms with Gasteiger partial charge >= 0.3 is 12.3 Å². The number of rotatable bonds is 7. The molecule has 47 heavy (non-hydrogen) atoms. The van der Waals surface area contributed by atoms with Gasteiger partial charge < -0.3 is 29.5 Å². The molecule has 0 spiro atoms. The number of carbonyl (C=O) groups is 1. The van der Waals surface area contributed by atoms with Crippen LogP contribution < -0.4 is 15.8 Å². The second kappa shape index (κ2) is 12.3. The summed E-state index contributed by atoms with van der Waals surface area (Å²) >= 11 is 6.16. The van der Waals surface area contributed by atoms with Gasteiger partial charge in [0.1, 0.15) is 17.5 Å². The molecule has 2 fully saturated rings. The van der Waals surface area contributed by atoms with E-state index in [0.717, 1.165) is 37.0 Å². The number of nitrogens with zero attached hydrogens (tertiary/aromatic N) is 6. The highest BCUT2D eigenvalue weighted by molar-refractivity contribution is 6.33. The highest BCUT2D eigenvalue weighted by Gasteiger charge is 2.36. The summed E-state index contributed by atoms with van der Waals surface area (Å²) in [6, 6.07) is 2.86. The summed E-state index contributed by atoms with van der Waals surface area (Å²) in [7, 11) is 0. The maximum absolute atomic E-state index is 14.2. The van der Waals surface area contributed by atoms with Crippen molar-refractivity contribution in [1.29, 1.82) is 0 Å². The number of carbonyl (C=O) groups excluding carboxylic acids is 1. The van der Waals surface area contributed by atoms with Gasteiger partial charge in [0.2, 0.25) is 5.78 Å². The number of hydrogen-bond acceptors (Lipinski definition) is 8. The highest BCUT2D eigenvalue weighted by Crippen LogP contribution is 2.47. The Morgan fingerprint density at radius 2 is 1.89 bits per heavy atom. The Kier molecular flexibility index (Phi) is 8.70. The molecule has 3 aromatic rings. The molecule has 15 heteroatoms. The van der Waals surface area contributed by atoms with Crippen LogP contribution in [0.3, 0.4) is 0 Å². The number of halogens is 4. The third-order valence-electron chi connectivity index (χ3n) is 8.97. The second-order valence-corrected chi connectivity index (χ2v) is 13.8. The number of piperazine rings is 1.